The zero-order valence-corrected chi connectivity index (χ0v) is 20.4. The summed E-state index contributed by atoms with van der Waals surface area (Å²) in [7, 11) is 0. The normalized spacial score (nSPS) is 14.0. The summed E-state index contributed by atoms with van der Waals surface area (Å²) in [5, 5.41) is 11.8. The number of aryl methyl sites for hydroxylation is 1. The van der Waals surface area contributed by atoms with Crippen LogP contribution in [0.4, 0.5) is 0 Å². The Balaban J connectivity index is 1.25. The highest BCUT2D eigenvalue weighted by Gasteiger charge is 2.12. The summed E-state index contributed by atoms with van der Waals surface area (Å²) in [5.74, 6) is 0.953. The molecule has 1 amide bonds. The monoisotopic (exact) mass is 495 g/mol. The smallest absolute Gasteiger partial charge is 0.273 e. The zero-order chi connectivity index (χ0) is 24.5. The molecular formula is C26H30ClN5O3. The highest BCUT2D eigenvalue weighted by Crippen LogP contribution is 2.21. The lowest BCUT2D eigenvalue weighted by atomic mass is 10.1. The molecule has 0 bridgehead atoms. The summed E-state index contributed by atoms with van der Waals surface area (Å²) in [6, 6.07) is 14.7. The molecule has 0 saturated carbocycles. The standard InChI is InChI=1S/C26H30ClN5O3/c27-22-7-3-2-6-20(22)18-35-21-10-8-19(9-11-21)25-29-26(34)23(30-31-25)12-13-24(33)28-14-17-32-15-4-1-5-16-32/h2-3,6-11H,1,4-5,12-18H2,(H,28,33)(H,29,31,34). The van der Waals surface area contributed by atoms with E-state index in [4.69, 9.17) is 16.3 Å². The molecule has 9 heteroatoms. The number of hydrogen-bond acceptors (Lipinski definition) is 6. The van der Waals surface area contributed by atoms with Crippen LogP contribution in [0.15, 0.2) is 53.3 Å². The Labute approximate surface area is 209 Å². The SMILES string of the molecule is O=C(CCc1nnc(-c2ccc(OCc3ccccc3Cl)cc2)[nH]c1=O)NCCN1CCCCC1. The summed E-state index contributed by atoms with van der Waals surface area (Å²) >= 11 is 6.16. The summed E-state index contributed by atoms with van der Waals surface area (Å²) in [6.45, 7) is 4.05. The number of aromatic amines is 1. The van der Waals surface area contributed by atoms with Gasteiger partial charge < -0.3 is 19.9 Å². The molecule has 1 aromatic heterocycles. The lowest BCUT2D eigenvalue weighted by Gasteiger charge is -2.26. The molecule has 2 N–H and O–H groups in total. The molecule has 0 radical (unpaired) electrons. The molecule has 0 unspecified atom stereocenters. The summed E-state index contributed by atoms with van der Waals surface area (Å²) in [5.41, 5.74) is 1.52. The van der Waals surface area contributed by atoms with Gasteiger partial charge in [0.05, 0.1) is 0 Å². The van der Waals surface area contributed by atoms with Crippen molar-refractivity contribution in [1.29, 1.82) is 0 Å². The third-order valence-electron chi connectivity index (χ3n) is 6.03. The minimum atomic E-state index is -0.338. The van der Waals surface area contributed by atoms with E-state index in [2.05, 4.69) is 25.4 Å². The predicted octanol–water partition coefficient (Wildman–Crippen LogP) is 3.60. The number of carbonyl (C=O) groups is 1. The second-order valence-corrected chi connectivity index (χ2v) is 9.01. The minimum absolute atomic E-state index is 0.0836. The van der Waals surface area contributed by atoms with Gasteiger partial charge in [0.2, 0.25) is 5.91 Å². The maximum absolute atomic E-state index is 12.5. The van der Waals surface area contributed by atoms with E-state index in [0.29, 0.717) is 35.3 Å². The third kappa shape index (κ3) is 7.37. The van der Waals surface area contributed by atoms with Gasteiger partial charge in [0.25, 0.3) is 5.56 Å². The van der Waals surface area contributed by atoms with Crippen LogP contribution in [0.5, 0.6) is 5.75 Å². The Bertz CT molecular complexity index is 1180. The number of piperidine rings is 1. The number of nitrogens with zero attached hydrogens (tertiary/aromatic N) is 3. The van der Waals surface area contributed by atoms with Gasteiger partial charge in [-0.05, 0) is 56.3 Å². The number of ether oxygens (including phenoxy) is 1. The van der Waals surface area contributed by atoms with Crippen molar-refractivity contribution in [2.45, 2.75) is 38.7 Å². The number of carbonyl (C=O) groups excluding carboxylic acids is 1. The lowest BCUT2D eigenvalue weighted by molar-refractivity contribution is -0.121. The van der Waals surface area contributed by atoms with Crippen LogP contribution >= 0.6 is 11.6 Å². The molecule has 184 valence electrons. The average molecular weight is 496 g/mol. The first-order valence-electron chi connectivity index (χ1n) is 12.0. The van der Waals surface area contributed by atoms with Crippen LogP contribution in [0.1, 0.15) is 36.9 Å². The Morgan fingerprint density at radius 3 is 2.57 bits per heavy atom. The molecule has 0 spiro atoms. The number of hydrogen-bond donors (Lipinski definition) is 2. The van der Waals surface area contributed by atoms with E-state index >= 15 is 0 Å². The van der Waals surface area contributed by atoms with Gasteiger partial charge >= 0.3 is 0 Å². The highest BCUT2D eigenvalue weighted by molar-refractivity contribution is 6.31. The number of nitrogens with one attached hydrogen (secondary N) is 2. The Morgan fingerprint density at radius 1 is 1.06 bits per heavy atom. The van der Waals surface area contributed by atoms with E-state index in [9.17, 15) is 9.59 Å². The van der Waals surface area contributed by atoms with Gasteiger partial charge in [-0.15, -0.1) is 10.2 Å². The van der Waals surface area contributed by atoms with Gasteiger partial charge in [-0.1, -0.05) is 36.2 Å². The maximum Gasteiger partial charge on any atom is 0.273 e. The fraction of sp³-hybridized carbons (Fsp3) is 0.385. The van der Waals surface area contributed by atoms with Crippen molar-refractivity contribution in [2.24, 2.45) is 0 Å². The van der Waals surface area contributed by atoms with Gasteiger partial charge in [-0.3, -0.25) is 9.59 Å². The molecule has 2 aromatic carbocycles. The minimum Gasteiger partial charge on any atom is -0.489 e. The van der Waals surface area contributed by atoms with Crippen LogP contribution in [0.2, 0.25) is 5.02 Å². The summed E-state index contributed by atoms with van der Waals surface area (Å²) in [4.78, 5) is 29.7. The number of rotatable bonds is 10. The number of likely N-dealkylation sites (tertiary alicyclic amines) is 1. The van der Waals surface area contributed by atoms with Crippen molar-refractivity contribution in [3.63, 3.8) is 0 Å². The van der Waals surface area contributed by atoms with E-state index in [0.717, 1.165) is 25.2 Å². The van der Waals surface area contributed by atoms with Crippen molar-refractivity contribution in [3.05, 3.63) is 75.2 Å². The Kier molecular flexibility index (Phi) is 8.86. The van der Waals surface area contributed by atoms with E-state index in [1.807, 2.05) is 24.3 Å². The number of amides is 1. The van der Waals surface area contributed by atoms with Gasteiger partial charge in [-0.25, -0.2) is 0 Å². The van der Waals surface area contributed by atoms with Crippen LogP contribution in [-0.2, 0) is 17.8 Å². The molecule has 0 atom stereocenters. The molecule has 1 fully saturated rings. The summed E-state index contributed by atoms with van der Waals surface area (Å²) in [6.07, 6.45) is 4.20. The second kappa shape index (κ2) is 12.5. The number of H-pyrrole nitrogens is 1. The van der Waals surface area contributed by atoms with Gasteiger partial charge in [0, 0.05) is 42.1 Å². The topological polar surface area (TPSA) is 100 Å². The molecule has 1 aliphatic heterocycles. The molecule has 4 rings (SSSR count). The summed E-state index contributed by atoms with van der Waals surface area (Å²) < 4.78 is 5.79. The predicted molar refractivity (Wildman–Crippen MR) is 135 cm³/mol. The Hall–Kier alpha value is -3.23. The zero-order valence-electron chi connectivity index (χ0n) is 19.6. The molecule has 8 nitrogen and oxygen atoms in total. The van der Waals surface area contributed by atoms with E-state index < -0.39 is 0 Å². The molecule has 1 aliphatic rings. The van der Waals surface area contributed by atoms with Crippen LogP contribution in [0.25, 0.3) is 11.4 Å². The molecule has 1 saturated heterocycles. The number of halogens is 1. The van der Waals surface area contributed by atoms with Gasteiger partial charge in [0.15, 0.2) is 5.82 Å². The first kappa shape index (κ1) is 24.9. The second-order valence-electron chi connectivity index (χ2n) is 8.61. The fourth-order valence-electron chi connectivity index (χ4n) is 4.00. The molecule has 2 heterocycles. The first-order chi connectivity index (χ1) is 17.1. The van der Waals surface area contributed by atoms with Crippen molar-refractivity contribution in [2.75, 3.05) is 26.2 Å². The third-order valence-corrected chi connectivity index (χ3v) is 6.40. The Morgan fingerprint density at radius 2 is 1.83 bits per heavy atom. The average Bonchev–Trinajstić information content (AvgIpc) is 2.88. The lowest BCUT2D eigenvalue weighted by Crippen LogP contribution is -2.37. The fourth-order valence-corrected chi connectivity index (χ4v) is 4.19. The van der Waals surface area contributed by atoms with E-state index in [1.165, 1.54) is 19.3 Å². The van der Waals surface area contributed by atoms with Crippen LogP contribution in [0.3, 0.4) is 0 Å². The number of benzene rings is 2. The quantitative estimate of drug-likeness (QED) is 0.446. The van der Waals surface area contributed by atoms with Crippen molar-refractivity contribution >= 4 is 17.5 Å². The molecule has 0 aliphatic carbocycles. The van der Waals surface area contributed by atoms with Crippen LogP contribution in [-0.4, -0.2) is 52.2 Å². The maximum atomic E-state index is 12.5. The molecular weight excluding hydrogens is 466 g/mol. The van der Waals surface area contributed by atoms with Gasteiger partial charge in [-0.2, -0.15) is 0 Å². The largest absolute Gasteiger partial charge is 0.489 e. The number of aromatic nitrogens is 3. The van der Waals surface area contributed by atoms with Crippen LogP contribution < -0.4 is 15.6 Å². The van der Waals surface area contributed by atoms with E-state index in [1.54, 1.807) is 24.3 Å². The first-order valence-corrected chi connectivity index (χ1v) is 12.4. The van der Waals surface area contributed by atoms with Crippen LogP contribution in [0, 0.1) is 0 Å². The molecule has 3 aromatic rings. The highest BCUT2D eigenvalue weighted by atomic mass is 35.5. The van der Waals surface area contributed by atoms with Crippen molar-refractivity contribution < 1.29 is 9.53 Å². The van der Waals surface area contributed by atoms with Crippen molar-refractivity contribution in [1.82, 2.24) is 25.4 Å². The molecule has 35 heavy (non-hydrogen) atoms. The van der Waals surface area contributed by atoms with Crippen molar-refractivity contribution in [3.8, 4) is 17.1 Å². The van der Waals surface area contributed by atoms with Gasteiger partial charge in [0.1, 0.15) is 18.1 Å². The van der Waals surface area contributed by atoms with E-state index in [-0.39, 0.29) is 30.0 Å².